The van der Waals surface area contributed by atoms with Crippen LogP contribution in [-0.2, 0) is 54.0 Å². The van der Waals surface area contributed by atoms with E-state index < -0.39 is 11.1 Å². The molecule has 0 aromatic heterocycles. The van der Waals surface area contributed by atoms with Crippen molar-refractivity contribution in [2.75, 3.05) is 76.6 Å². The van der Waals surface area contributed by atoms with Gasteiger partial charge in [-0.25, -0.2) is 9.78 Å². The Labute approximate surface area is 381 Å². The Balaban J connectivity index is 0.000000238. The number of rotatable bonds is 28. The normalized spacial score (nSPS) is 17.5. The Kier molecular flexibility index (Phi) is 20.6. The average molecular weight is 911 g/mol. The van der Waals surface area contributed by atoms with Crippen molar-refractivity contribution >= 4 is 35.8 Å². The second kappa shape index (κ2) is 25.8. The standard InChI is InChI=1S/C24H34N2O5S.C23H32N2O5S/c1-18-9-21(18)15-30-23-11-20(10-22(12-23)26(2)32-31-28-3)14-29-17-24(25,16-27)13-19-7-5-4-6-8-19;1-25(31-30-27-2)21-10-20(11-22(12-21)29-15-19-8-9-19)14-28-17-23(24,16-26)13-18-6-4-3-5-7-18/h4-8,10-12,18,21,27H,9,13-17,25H2,1-3H3;3-7,10-12,19,26H,8-9,13-17,24H2,1-2H3. The van der Waals surface area contributed by atoms with Crippen molar-refractivity contribution in [2.45, 2.75) is 63.3 Å². The minimum Gasteiger partial charge on any atom is -0.493 e. The summed E-state index contributed by atoms with van der Waals surface area (Å²) in [6.45, 7) is 4.52. The molecule has 0 bridgehead atoms. The summed E-state index contributed by atoms with van der Waals surface area (Å²) in [6.07, 6.45) is 4.75. The minimum absolute atomic E-state index is 0.161. The van der Waals surface area contributed by atoms with E-state index in [0.717, 1.165) is 82.1 Å². The summed E-state index contributed by atoms with van der Waals surface area (Å²) in [6, 6.07) is 31.7. The number of aliphatic hydroxyl groups excluding tert-OH is 2. The van der Waals surface area contributed by atoms with E-state index in [4.69, 9.17) is 39.1 Å². The lowest BCUT2D eigenvalue weighted by Crippen LogP contribution is -2.50. The molecule has 6 rings (SSSR count). The van der Waals surface area contributed by atoms with Gasteiger partial charge in [0.1, 0.15) is 11.5 Å². The summed E-state index contributed by atoms with van der Waals surface area (Å²) in [7, 11) is 6.69. The van der Waals surface area contributed by atoms with Crippen LogP contribution in [0.5, 0.6) is 11.5 Å². The number of aliphatic hydroxyl groups is 2. The minimum atomic E-state index is -0.848. The van der Waals surface area contributed by atoms with E-state index in [1.54, 1.807) is 0 Å². The molecule has 0 amide bonds. The molecule has 0 spiro atoms. The van der Waals surface area contributed by atoms with E-state index in [1.165, 1.54) is 33.5 Å². The first kappa shape index (κ1) is 50.4. The third-order valence-electron chi connectivity index (χ3n) is 10.7. The Morgan fingerprint density at radius 2 is 1.06 bits per heavy atom. The van der Waals surface area contributed by atoms with Gasteiger partial charge in [0.2, 0.25) is 0 Å². The zero-order valence-corrected chi connectivity index (χ0v) is 38.8. The molecule has 2 aliphatic carbocycles. The molecule has 0 aliphatic heterocycles. The molecule has 0 radical (unpaired) electrons. The molecule has 4 aromatic rings. The summed E-state index contributed by atoms with van der Waals surface area (Å²) < 4.78 is 37.5. The SMILES string of the molecule is COOSN(C)c1cc(COCC(N)(CO)Cc2ccccc2)cc(OCC2CC2)c1.COOSN(C)c1cc(COCC(N)(CO)Cc2ccccc2)cc(OCC2CC2C)c1. The van der Waals surface area contributed by atoms with E-state index in [0.29, 0.717) is 44.5 Å². The van der Waals surface area contributed by atoms with Crippen molar-refractivity contribution in [3.8, 4) is 11.5 Å². The first-order chi connectivity index (χ1) is 30.4. The molecule has 14 nitrogen and oxygen atoms in total. The predicted octanol–water partition coefficient (Wildman–Crippen LogP) is 7.25. The highest BCUT2D eigenvalue weighted by molar-refractivity contribution is 7.96. The first-order valence-corrected chi connectivity index (χ1v) is 22.6. The van der Waals surface area contributed by atoms with Crippen LogP contribution in [0, 0.1) is 17.8 Å². The van der Waals surface area contributed by atoms with Crippen molar-refractivity contribution in [1.82, 2.24) is 0 Å². The molecule has 2 aliphatic rings. The summed E-state index contributed by atoms with van der Waals surface area (Å²) in [5.74, 6) is 3.60. The first-order valence-electron chi connectivity index (χ1n) is 21.2. The molecule has 16 heteroatoms. The van der Waals surface area contributed by atoms with Crippen LogP contribution in [0.25, 0.3) is 0 Å². The van der Waals surface area contributed by atoms with Gasteiger partial charge in [-0.2, -0.15) is 0 Å². The van der Waals surface area contributed by atoms with Gasteiger partial charge in [0.15, 0.2) is 24.5 Å². The van der Waals surface area contributed by atoms with Gasteiger partial charge in [-0.15, -0.1) is 8.67 Å². The zero-order chi connectivity index (χ0) is 45.1. The summed E-state index contributed by atoms with van der Waals surface area (Å²) in [4.78, 5) is 9.36. The van der Waals surface area contributed by atoms with Crippen LogP contribution in [0.1, 0.15) is 48.4 Å². The number of anilines is 2. The highest BCUT2D eigenvalue weighted by Crippen LogP contribution is 2.38. The number of hydrogen-bond donors (Lipinski definition) is 4. The molecule has 4 atom stereocenters. The second-order valence-electron chi connectivity index (χ2n) is 16.7. The van der Waals surface area contributed by atoms with Crippen LogP contribution in [0.3, 0.4) is 0 Å². The summed E-state index contributed by atoms with van der Waals surface area (Å²) in [5.41, 5.74) is 17.0. The quantitative estimate of drug-likeness (QED) is 0.0194. The number of nitrogens with two attached hydrogens (primary N) is 2. The fraction of sp³-hybridized carbons (Fsp3) is 0.489. The molecule has 63 heavy (non-hydrogen) atoms. The monoisotopic (exact) mass is 910 g/mol. The van der Waals surface area contributed by atoms with E-state index in [1.807, 2.05) is 120 Å². The third-order valence-corrected chi connectivity index (χ3v) is 12.0. The van der Waals surface area contributed by atoms with Crippen molar-refractivity contribution < 1.29 is 47.6 Å². The summed E-state index contributed by atoms with van der Waals surface area (Å²) in [5, 5.41) is 19.7. The van der Waals surface area contributed by atoms with Gasteiger partial charge in [-0.3, -0.25) is 8.61 Å². The topological polar surface area (TPSA) is 173 Å². The number of ether oxygens (including phenoxy) is 4. The van der Waals surface area contributed by atoms with Gasteiger partial charge in [0, 0.05) is 26.2 Å². The van der Waals surface area contributed by atoms with E-state index in [2.05, 4.69) is 16.7 Å². The Morgan fingerprint density at radius 3 is 1.44 bits per heavy atom. The smallest absolute Gasteiger partial charge is 0.151 e. The number of hydrogen-bond acceptors (Lipinski definition) is 16. The maximum absolute atomic E-state index is 9.88. The van der Waals surface area contributed by atoms with Gasteiger partial charge in [0.05, 0.1) is 89.5 Å². The van der Waals surface area contributed by atoms with Crippen LogP contribution in [0.15, 0.2) is 97.1 Å². The fourth-order valence-corrected chi connectivity index (χ4v) is 7.30. The molecule has 0 saturated heterocycles. The Morgan fingerprint density at radius 1 is 0.635 bits per heavy atom. The highest BCUT2D eigenvalue weighted by atomic mass is 32.2. The molecular weight excluding hydrogens is 845 g/mol. The lowest BCUT2D eigenvalue weighted by Gasteiger charge is -2.27. The molecule has 6 N–H and O–H groups in total. The largest absolute Gasteiger partial charge is 0.493 e. The Bertz CT molecular complexity index is 1920. The van der Waals surface area contributed by atoms with Crippen LogP contribution in [0.2, 0.25) is 0 Å². The van der Waals surface area contributed by atoms with Crippen LogP contribution in [-0.4, -0.2) is 89.2 Å². The van der Waals surface area contributed by atoms with Gasteiger partial charge < -0.3 is 40.6 Å². The predicted molar refractivity (Wildman–Crippen MR) is 250 cm³/mol. The molecule has 2 saturated carbocycles. The van der Waals surface area contributed by atoms with Gasteiger partial charge in [-0.05, 0) is 96.4 Å². The maximum Gasteiger partial charge on any atom is 0.151 e. The zero-order valence-electron chi connectivity index (χ0n) is 37.2. The van der Waals surface area contributed by atoms with Gasteiger partial charge in [-0.1, -0.05) is 67.6 Å². The van der Waals surface area contributed by atoms with Crippen molar-refractivity contribution in [2.24, 2.45) is 29.2 Å². The number of benzene rings is 4. The lowest BCUT2D eigenvalue weighted by atomic mass is 9.93. The second-order valence-corrected chi connectivity index (χ2v) is 18.3. The maximum atomic E-state index is 9.88. The molecule has 2 fully saturated rings. The van der Waals surface area contributed by atoms with Crippen molar-refractivity contribution in [3.05, 3.63) is 119 Å². The van der Waals surface area contributed by atoms with Gasteiger partial charge >= 0.3 is 0 Å². The van der Waals surface area contributed by atoms with E-state index in [-0.39, 0.29) is 26.4 Å². The highest BCUT2D eigenvalue weighted by Gasteiger charge is 2.33. The fourth-order valence-electron chi connectivity index (χ4n) is 6.61. The molecule has 346 valence electrons. The van der Waals surface area contributed by atoms with Crippen molar-refractivity contribution in [3.63, 3.8) is 0 Å². The molecule has 4 unspecified atom stereocenters. The van der Waals surface area contributed by atoms with E-state index >= 15 is 0 Å². The Hall–Kier alpha value is -3.62. The average Bonchev–Trinajstić information content (AvgIpc) is 4.24. The van der Waals surface area contributed by atoms with Crippen LogP contribution in [0.4, 0.5) is 11.4 Å². The molecule has 0 heterocycles. The van der Waals surface area contributed by atoms with Crippen LogP contribution >= 0.6 is 24.5 Å². The van der Waals surface area contributed by atoms with E-state index in [9.17, 15) is 10.2 Å². The van der Waals surface area contributed by atoms with Crippen molar-refractivity contribution in [1.29, 1.82) is 0 Å². The molecular formula is C47H66N4O10S2. The summed E-state index contributed by atoms with van der Waals surface area (Å²) >= 11 is 2.16. The van der Waals surface area contributed by atoms with Crippen LogP contribution < -0.4 is 29.6 Å². The number of nitrogens with zero attached hydrogens (tertiary/aromatic N) is 2. The van der Waals surface area contributed by atoms with Gasteiger partial charge in [0.25, 0.3) is 0 Å². The molecule has 4 aromatic carbocycles. The third kappa shape index (κ3) is 18.1. The lowest BCUT2D eigenvalue weighted by molar-refractivity contribution is -0.160.